The molecule has 764 valence electrons. The lowest BCUT2D eigenvalue weighted by Gasteiger charge is -2.42. The maximum absolute atomic E-state index is 14.1. The number of rotatable bonds is 27. The average molecular weight is 2120 g/mol. The van der Waals surface area contributed by atoms with Gasteiger partial charge in [-0.25, -0.2) is 63.0 Å². The van der Waals surface area contributed by atoms with Gasteiger partial charge in [0.25, 0.3) is 40.1 Å². The third-order valence-corrected chi connectivity index (χ3v) is 33.5. The van der Waals surface area contributed by atoms with Crippen LogP contribution in [0.4, 0.5) is 67.2 Å². The van der Waals surface area contributed by atoms with Crippen LogP contribution in [-0.4, -0.2) is 247 Å². The minimum atomic E-state index is -4.46. The number of sulfonamides is 4. The highest BCUT2D eigenvalue weighted by Crippen LogP contribution is 2.43. The molecule has 4 amide bonds. The first-order valence-corrected chi connectivity index (χ1v) is 54.2. The number of carbonyl (C=O) groups is 4. The first kappa shape index (κ1) is 103. The topological polar surface area (TPSA) is 386 Å². The van der Waals surface area contributed by atoms with E-state index in [4.69, 9.17) is 16.3 Å². The lowest BCUT2D eigenvalue weighted by Crippen LogP contribution is -2.57. The molecule has 143 heavy (non-hydrogen) atoms. The van der Waals surface area contributed by atoms with Crippen molar-refractivity contribution in [2.45, 2.75) is 95.6 Å². The maximum atomic E-state index is 14.1. The van der Waals surface area contributed by atoms with Gasteiger partial charge in [-0.1, -0.05) is 54.1 Å². The van der Waals surface area contributed by atoms with E-state index < -0.39 is 63.9 Å². The second-order valence-electron chi connectivity index (χ2n) is 34.3. The summed E-state index contributed by atoms with van der Waals surface area (Å²) < 4.78 is 173. The molecular formula is C97H115ClF4N20O14S7. The molecule has 5 aliphatic heterocycles. The normalized spacial score (nSPS) is 16.8. The monoisotopic (exact) mass is 2120 g/mol. The van der Waals surface area contributed by atoms with Crippen LogP contribution in [0.25, 0.3) is 21.8 Å². The number of methoxy groups -OCH3 is 1. The quantitative estimate of drug-likeness (QED) is 0.0299. The average Bonchev–Trinajstić information content (AvgIpc) is 1.62. The standard InChI is InChI=1S/C25H24F3N5O3S2.C25H26FN5O4S2.C25H30N6O3S.C22H21ClN4O4S2.7H2/c1-17-15-31(20-4-6-21(7-5-20)38(35,36)30-24-29-9-13-37-24)11-12-33(17)23(34)16-32-10-8-18-2-3-19(14-22(18)32)25(26,27)28;1-17(30-11-9-21-22(26)3-2-4-23(21)30)24(33)31-13-12-29(15-19(31)16-32)18-5-7-20(8-6-18)37(34,35)28-25-27-10-14-36-25;1-29(2)23(18-20-6-4-3-5-7-20)25(32)31-16-14-30(15-17-31)21-8-10-22(11-9-21)35(33,34)28-24-12-13-26-19-27-24;1-31-19-7-6-17-16(20(19)23)8-11-27(17)18-9-12-26(21(18)28)14-2-4-15(5-3-14)33(29,30)25-22-24-10-13-32-22;;;;;;;/h2-10,13-14,17H,11-12,15-16H2,1H3,(H,29,30);2-11,14,17,19,32H,12-13,15-16H2,1H3,(H,27,28);3-13,19,23H,14-18H2,1-2H3,(H,26,27,28);2-7,10,13,18H,8-9,11-12H2,1H3,(H,24,25);7*1H/t;17-,19+;;18-;;;;;;;/m.0.0......./s1. The van der Waals surface area contributed by atoms with Crippen LogP contribution in [0.15, 0.2) is 273 Å². The number of benzene rings is 8. The maximum Gasteiger partial charge on any atom is 0.416 e. The van der Waals surface area contributed by atoms with Gasteiger partial charge in [0.05, 0.1) is 61.5 Å². The fourth-order valence-corrected chi connectivity index (χ4v) is 24.5. The Morgan fingerprint density at radius 1 is 0.580 bits per heavy atom. The first-order valence-electron chi connectivity index (χ1n) is 45.3. The van der Waals surface area contributed by atoms with E-state index in [1.807, 2.05) is 66.1 Å². The molecule has 14 aromatic rings. The number of aliphatic hydroxyl groups is 1. The van der Waals surface area contributed by atoms with Crippen molar-refractivity contribution in [3.63, 3.8) is 0 Å². The number of aliphatic hydroxyl groups excluding tert-OH is 1. The van der Waals surface area contributed by atoms with Crippen LogP contribution in [0.5, 0.6) is 5.75 Å². The molecular weight excluding hydrogens is 2010 g/mol. The van der Waals surface area contributed by atoms with Crippen molar-refractivity contribution in [2.75, 3.05) is 150 Å². The molecule has 4 fully saturated rings. The highest BCUT2D eigenvalue weighted by atomic mass is 35.5. The van der Waals surface area contributed by atoms with E-state index >= 15 is 0 Å². The summed E-state index contributed by atoms with van der Waals surface area (Å²) in [5.74, 6) is 0.304. The van der Waals surface area contributed by atoms with Crippen molar-refractivity contribution in [3.8, 4) is 5.75 Å². The summed E-state index contributed by atoms with van der Waals surface area (Å²) in [4.78, 5) is 90.5. The number of aromatic nitrogens is 7. The molecule has 19 rings (SSSR count). The van der Waals surface area contributed by atoms with Gasteiger partial charge in [0, 0.05) is 187 Å². The van der Waals surface area contributed by atoms with Crippen LogP contribution < -0.4 is 48.1 Å². The predicted octanol–water partition coefficient (Wildman–Crippen LogP) is 15.6. The van der Waals surface area contributed by atoms with Gasteiger partial charge in [-0.05, 0) is 215 Å². The molecule has 0 aliphatic carbocycles. The fourth-order valence-electron chi connectivity index (χ4n) is 17.8. The number of halogens is 5. The summed E-state index contributed by atoms with van der Waals surface area (Å²) in [7, 11) is -9.52. The van der Waals surface area contributed by atoms with Crippen molar-refractivity contribution in [2.24, 2.45) is 0 Å². The Balaban J connectivity index is 0.000000219. The molecule has 0 radical (unpaired) electrons. The Kier molecular flexibility index (Phi) is 31.7. The van der Waals surface area contributed by atoms with Crippen LogP contribution in [0.2, 0.25) is 5.02 Å². The lowest BCUT2D eigenvalue weighted by atomic mass is 10.0. The summed E-state index contributed by atoms with van der Waals surface area (Å²) in [5, 5.41) is 17.7. The predicted molar refractivity (Wildman–Crippen MR) is 560 cm³/mol. The summed E-state index contributed by atoms with van der Waals surface area (Å²) in [5.41, 5.74) is 6.57. The van der Waals surface area contributed by atoms with Gasteiger partial charge in [0.2, 0.25) is 23.6 Å². The number of ether oxygens (including phenoxy) is 1. The minimum Gasteiger partial charge on any atom is -0.495 e. The number of thiazole rings is 3. The van der Waals surface area contributed by atoms with Crippen LogP contribution >= 0.6 is 45.6 Å². The largest absolute Gasteiger partial charge is 0.495 e. The highest BCUT2D eigenvalue weighted by Gasteiger charge is 2.42. The van der Waals surface area contributed by atoms with Crippen molar-refractivity contribution < 1.29 is 90.2 Å². The van der Waals surface area contributed by atoms with E-state index in [1.165, 1.54) is 120 Å². The van der Waals surface area contributed by atoms with E-state index in [0.29, 0.717) is 140 Å². The number of alkyl halides is 3. The molecule has 11 heterocycles. The zero-order chi connectivity index (χ0) is 101. The molecule has 34 nitrogen and oxygen atoms in total. The van der Waals surface area contributed by atoms with Gasteiger partial charge in [-0.15, -0.1) is 34.0 Å². The molecule has 46 heteroatoms. The van der Waals surface area contributed by atoms with E-state index in [2.05, 4.69) is 70.6 Å². The molecule has 5 aliphatic rings. The third-order valence-electron chi connectivity index (χ3n) is 25.2. The van der Waals surface area contributed by atoms with E-state index in [0.717, 1.165) is 52.4 Å². The van der Waals surface area contributed by atoms with Crippen molar-refractivity contribution in [1.29, 1.82) is 0 Å². The van der Waals surface area contributed by atoms with Crippen molar-refractivity contribution in [3.05, 3.63) is 281 Å². The second-order valence-corrected chi connectivity index (χ2v) is 44.1. The second kappa shape index (κ2) is 44.2. The minimum absolute atomic E-state index is 0. The van der Waals surface area contributed by atoms with Gasteiger partial charge in [-0.2, -0.15) is 13.2 Å². The number of hydrogen-bond donors (Lipinski definition) is 5. The number of hydrogen-bond acceptors (Lipinski definition) is 27. The summed E-state index contributed by atoms with van der Waals surface area (Å²) in [6.07, 6.45) is 8.31. The molecule has 4 saturated heterocycles. The Labute approximate surface area is 851 Å². The van der Waals surface area contributed by atoms with E-state index in [1.54, 1.807) is 151 Å². The van der Waals surface area contributed by atoms with Crippen molar-refractivity contribution in [1.82, 2.24) is 53.7 Å². The third kappa shape index (κ3) is 23.9. The smallest absolute Gasteiger partial charge is 0.416 e. The van der Waals surface area contributed by atoms with Gasteiger partial charge < -0.3 is 58.2 Å². The number of likely N-dealkylation sites (N-methyl/N-ethyl adjacent to an activating group) is 1. The number of carbonyl (C=O) groups excluding carboxylic acids is 4. The molecule has 5 atom stereocenters. The summed E-state index contributed by atoms with van der Waals surface area (Å²) in [6, 6.07) is 51.4. The number of nitrogens with zero attached hydrogens (tertiary/aromatic N) is 16. The Hall–Kier alpha value is -13.4. The molecule has 5 N–H and O–H groups in total. The number of fused-ring (bicyclic) bond motifs is 3. The Bertz CT molecular complexity index is 7340. The van der Waals surface area contributed by atoms with Gasteiger partial charge in [0.15, 0.2) is 15.4 Å². The molecule has 2 unspecified atom stereocenters. The Morgan fingerprint density at radius 2 is 1.13 bits per heavy atom. The van der Waals surface area contributed by atoms with Gasteiger partial charge in [0.1, 0.15) is 42.3 Å². The SMILES string of the molecule is CC1CN(c2ccc(S(=O)(=O)Nc3nccs3)cc2)CCN1C(=O)Cn1ccc2ccc(C(F)(F)F)cc21.CN(C)C(Cc1ccccc1)C(=O)N1CCN(c2ccc(S(=O)(=O)Nc3ccncn3)cc2)CC1.COc1ccc2c(c1Cl)CCN2[C@H]1CCN(c2ccc(S(=O)(=O)Nc3nccs3)cc2)C1=O.C[C@@H](C(=O)N1CCN(c2ccc(S(=O)(=O)Nc3nccs3)cc2)C[C@@H]1CO)n1ccc2c(F)cccc21.[HH].[HH].[HH].[HH].[HH].[HH].[HH]. The number of anilines is 9. The zero-order valence-corrected chi connectivity index (χ0v) is 84.3. The highest BCUT2D eigenvalue weighted by molar-refractivity contribution is 7.93. The van der Waals surface area contributed by atoms with Crippen LogP contribution in [0.1, 0.15) is 53.0 Å². The molecule has 0 bridgehead atoms. The molecule has 0 saturated carbocycles. The molecule has 6 aromatic heterocycles. The van der Waals surface area contributed by atoms with Gasteiger partial charge >= 0.3 is 6.18 Å². The molecule has 0 spiro atoms. The van der Waals surface area contributed by atoms with Crippen molar-refractivity contribution >= 4 is 181 Å². The lowest BCUT2D eigenvalue weighted by molar-refractivity contribution is -0.138. The molecule has 8 aromatic carbocycles. The number of amides is 4. The Morgan fingerprint density at radius 3 is 1.65 bits per heavy atom. The van der Waals surface area contributed by atoms with Crippen LogP contribution in [0, 0.1) is 5.82 Å². The van der Waals surface area contributed by atoms with Crippen LogP contribution in [-0.2, 0) is 84.8 Å². The number of piperazine rings is 3. The fraction of sp³-hybridized carbons (Fsp3) is 0.289. The van der Waals surface area contributed by atoms with Crippen LogP contribution in [0.3, 0.4) is 0 Å². The number of nitrogens with one attached hydrogen (secondary N) is 4. The zero-order valence-electron chi connectivity index (χ0n) is 77.8. The van der Waals surface area contributed by atoms with E-state index in [-0.39, 0.29) is 101 Å². The summed E-state index contributed by atoms with van der Waals surface area (Å²) in [6.45, 7) is 10.0. The summed E-state index contributed by atoms with van der Waals surface area (Å²) >= 11 is 10.1. The first-order chi connectivity index (χ1) is 68.5. The van der Waals surface area contributed by atoms with E-state index in [9.17, 15) is 75.5 Å². The van der Waals surface area contributed by atoms with Gasteiger partial charge in [-0.3, -0.25) is 43.0 Å².